The van der Waals surface area contributed by atoms with Gasteiger partial charge >= 0.3 is 0 Å². The molecule has 0 saturated carbocycles. The molecule has 1 N–H and O–H groups in total. The summed E-state index contributed by atoms with van der Waals surface area (Å²) in [4.78, 5) is 14.2. The Bertz CT molecular complexity index is 1180. The van der Waals surface area contributed by atoms with Crippen LogP contribution in [0.4, 0.5) is 5.13 Å². The Kier molecular flexibility index (Phi) is 6.00. The fourth-order valence-electron chi connectivity index (χ4n) is 2.74. The van der Waals surface area contributed by atoms with Crippen molar-refractivity contribution in [3.05, 3.63) is 82.0 Å². The van der Waals surface area contributed by atoms with Gasteiger partial charge in [-0.25, -0.2) is 0 Å². The Morgan fingerprint density at radius 3 is 2.62 bits per heavy atom. The molecule has 0 aliphatic heterocycles. The number of rotatable bonds is 6. The maximum absolute atomic E-state index is 12.9. The lowest BCUT2D eigenvalue weighted by Gasteiger charge is -2.10. The molecule has 1 amide bonds. The maximum atomic E-state index is 12.9. The molecule has 5 nitrogen and oxygen atoms in total. The van der Waals surface area contributed by atoms with Crippen molar-refractivity contribution >= 4 is 45.5 Å². The number of thiophene rings is 1. The van der Waals surface area contributed by atoms with Gasteiger partial charge in [0.2, 0.25) is 5.13 Å². The van der Waals surface area contributed by atoms with Gasteiger partial charge in [-0.3, -0.25) is 10.1 Å². The molecule has 2 aromatic carbocycles. The van der Waals surface area contributed by atoms with E-state index in [1.54, 1.807) is 47.4 Å². The number of thioether (sulfide) groups is 1. The van der Waals surface area contributed by atoms with Crippen LogP contribution in [0.2, 0.25) is 0 Å². The Hall–Kier alpha value is -2.99. The van der Waals surface area contributed by atoms with E-state index in [0.717, 1.165) is 15.7 Å². The molecule has 0 spiro atoms. The molecule has 2 heterocycles. The summed E-state index contributed by atoms with van der Waals surface area (Å²) in [6, 6.07) is 20.8. The van der Waals surface area contributed by atoms with Gasteiger partial charge in [-0.05, 0) is 29.1 Å². The van der Waals surface area contributed by atoms with Crippen molar-refractivity contribution in [3.63, 3.8) is 0 Å². The van der Waals surface area contributed by atoms with E-state index in [4.69, 9.17) is 0 Å². The van der Waals surface area contributed by atoms with Crippen molar-refractivity contribution in [1.29, 1.82) is 5.26 Å². The van der Waals surface area contributed by atoms with Gasteiger partial charge in [-0.15, -0.1) is 21.5 Å². The quantitative estimate of drug-likeness (QED) is 0.312. The highest BCUT2D eigenvalue weighted by atomic mass is 32.2. The van der Waals surface area contributed by atoms with E-state index >= 15 is 0 Å². The van der Waals surface area contributed by atoms with Gasteiger partial charge in [0, 0.05) is 21.8 Å². The van der Waals surface area contributed by atoms with Gasteiger partial charge in [0.25, 0.3) is 5.91 Å². The lowest BCUT2D eigenvalue weighted by atomic mass is 9.95. The number of nitrogens with one attached hydrogen (secondary N) is 1. The van der Waals surface area contributed by atoms with E-state index in [-0.39, 0.29) is 5.91 Å². The first-order valence-corrected chi connectivity index (χ1v) is 11.3. The van der Waals surface area contributed by atoms with Crippen LogP contribution in [0, 0.1) is 11.3 Å². The predicted molar refractivity (Wildman–Crippen MR) is 118 cm³/mol. The van der Waals surface area contributed by atoms with E-state index in [9.17, 15) is 10.1 Å². The number of nitrogens with zero attached hydrogens (tertiary/aromatic N) is 3. The molecule has 29 heavy (non-hydrogen) atoms. The first-order valence-electron chi connectivity index (χ1n) is 8.63. The minimum absolute atomic E-state index is 0.278. The SMILES string of the molecule is N#Cc1ccccc1-c1ccccc1C(=O)Nc1nnc(SCc2cccs2)s1. The molecule has 4 aromatic rings. The fourth-order valence-corrected chi connectivity index (χ4v) is 5.26. The van der Waals surface area contributed by atoms with Crippen LogP contribution in [0.5, 0.6) is 0 Å². The lowest BCUT2D eigenvalue weighted by molar-refractivity contribution is 0.102. The zero-order valence-corrected chi connectivity index (χ0v) is 17.5. The molecule has 0 fully saturated rings. The van der Waals surface area contributed by atoms with E-state index in [2.05, 4.69) is 27.6 Å². The molecule has 0 atom stereocenters. The van der Waals surface area contributed by atoms with Gasteiger partial charge in [-0.1, -0.05) is 65.6 Å². The number of carbonyl (C=O) groups excluding carboxylic acids is 1. The summed E-state index contributed by atoms with van der Waals surface area (Å²) in [7, 11) is 0. The smallest absolute Gasteiger partial charge is 0.258 e. The molecule has 2 aromatic heterocycles. The van der Waals surface area contributed by atoms with Crippen molar-refractivity contribution in [2.45, 2.75) is 10.1 Å². The Morgan fingerprint density at radius 2 is 1.83 bits per heavy atom. The zero-order chi connectivity index (χ0) is 20.1. The standard InChI is InChI=1S/C21H14N4OS3/c22-12-14-6-1-2-8-16(14)17-9-3-4-10-18(17)19(26)23-20-24-25-21(29-20)28-13-15-7-5-11-27-15/h1-11H,13H2,(H,23,24,26). The number of benzene rings is 2. The molecule has 0 bridgehead atoms. The summed E-state index contributed by atoms with van der Waals surface area (Å²) in [6.07, 6.45) is 0. The second-order valence-corrected chi connectivity index (χ2v) is 9.13. The van der Waals surface area contributed by atoms with Gasteiger partial charge in [0.15, 0.2) is 4.34 Å². The van der Waals surface area contributed by atoms with Crippen molar-refractivity contribution in [3.8, 4) is 17.2 Å². The van der Waals surface area contributed by atoms with Crippen LogP contribution in [0.3, 0.4) is 0 Å². The minimum Gasteiger partial charge on any atom is -0.296 e. The Morgan fingerprint density at radius 1 is 1.03 bits per heavy atom. The van der Waals surface area contributed by atoms with Crippen molar-refractivity contribution in [2.24, 2.45) is 0 Å². The number of hydrogen-bond acceptors (Lipinski definition) is 7. The van der Waals surface area contributed by atoms with E-state index in [0.29, 0.717) is 21.8 Å². The first-order chi connectivity index (χ1) is 14.2. The third-order valence-electron chi connectivity index (χ3n) is 4.05. The topological polar surface area (TPSA) is 78.7 Å². The number of amides is 1. The Balaban J connectivity index is 1.52. The summed E-state index contributed by atoms with van der Waals surface area (Å²) in [5.41, 5.74) is 2.44. The normalized spacial score (nSPS) is 10.4. The molecule has 0 aliphatic carbocycles. The van der Waals surface area contributed by atoms with Crippen LogP contribution in [0.15, 0.2) is 70.4 Å². The van der Waals surface area contributed by atoms with Crippen molar-refractivity contribution in [2.75, 3.05) is 5.32 Å². The summed E-state index contributed by atoms with van der Waals surface area (Å²) in [5.74, 6) is 0.549. The number of aromatic nitrogens is 2. The molecule has 0 aliphatic rings. The van der Waals surface area contributed by atoms with Gasteiger partial charge in [-0.2, -0.15) is 5.26 Å². The van der Waals surface area contributed by atoms with E-state index < -0.39 is 0 Å². The van der Waals surface area contributed by atoms with Crippen LogP contribution in [0.1, 0.15) is 20.8 Å². The molecular formula is C21H14N4OS3. The van der Waals surface area contributed by atoms with Crippen molar-refractivity contribution in [1.82, 2.24) is 10.2 Å². The average Bonchev–Trinajstić information content (AvgIpc) is 3.44. The van der Waals surface area contributed by atoms with E-state index in [1.807, 2.05) is 35.7 Å². The fraction of sp³-hybridized carbons (Fsp3) is 0.0476. The first kappa shape index (κ1) is 19.3. The second-order valence-electron chi connectivity index (χ2n) is 5.90. The summed E-state index contributed by atoms with van der Waals surface area (Å²) in [6.45, 7) is 0. The number of anilines is 1. The highest BCUT2D eigenvalue weighted by molar-refractivity contribution is 8.00. The van der Waals surface area contributed by atoms with Crippen LogP contribution in [0.25, 0.3) is 11.1 Å². The largest absolute Gasteiger partial charge is 0.296 e. The maximum Gasteiger partial charge on any atom is 0.258 e. The zero-order valence-electron chi connectivity index (χ0n) is 15.0. The van der Waals surface area contributed by atoms with Crippen LogP contribution in [-0.4, -0.2) is 16.1 Å². The van der Waals surface area contributed by atoms with Crippen LogP contribution < -0.4 is 5.32 Å². The third-order valence-corrected chi connectivity index (χ3v) is 7.13. The monoisotopic (exact) mass is 434 g/mol. The number of hydrogen-bond donors (Lipinski definition) is 1. The highest BCUT2D eigenvalue weighted by Crippen LogP contribution is 2.31. The van der Waals surface area contributed by atoms with Crippen LogP contribution >= 0.6 is 34.4 Å². The molecular weight excluding hydrogens is 420 g/mol. The van der Waals surface area contributed by atoms with Gasteiger partial charge in [0.1, 0.15) is 0 Å². The minimum atomic E-state index is -0.278. The lowest BCUT2D eigenvalue weighted by Crippen LogP contribution is -2.13. The van der Waals surface area contributed by atoms with Crippen LogP contribution in [-0.2, 0) is 5.75 Å². The second kappa shape index (κ2) is 9.01. The highest BCUT2D eigenvalue weighted by Gasteiger charge is 2.16. The molecule has 8 heteroatoms. The Labute approximate surface area is 180 Å². The predicted octanol–water partition coefficient (Wildman–Crippen LogP) is 5.68. The summed E-state index contributed by atoms with van der Waals surface area (Å²) >= 11 is 4.65. The van der Waals surface area contributed by atoms with Crippen molar-refractivity contribution < 1.29 is 4.79 Å². The number of nitriles is 1. The third kappa shape index (κ3) is 4.54. The molecule has 142 valence electrons. The molecule has 0 radical (unpaired) electrons. The molecule has 0 saturated heterocycles. The van der Waals surface area contributed by atoms with E-state index in [1.165, 1.54) is 16.2 Å². The van der Waals surface area contributed by atoms with Gasteiger partial charge in [0.05, 0.1) is 11.6 Å². The van der Waals surface area contributed by atoms with Gasteiger partial charge < -0.3 is 0 Å². The number of carbonyl (C=O) groups is 1. The summed E-state index contributed by atoms with van der Waals surface area (Å²) < 4.78 is 0.803. The molecule has 0 unspecified atom stereocenters. The average molecular weight is 435 g/mol. The molecule has 4 rings (SSSR count). The summed E-state index contributed by atoms with van der Waals surface area (Å²) in [5, 5.41) is 23.0.